The number of aliphatic hydroxyl groups is 1. The number of aryl methyl sites for hydroxylation is 1. The molecule has 0 radical (unpaired) electrons. The van der Waals surface area contributed by atoms with Gasteiger partial charge in [0.15, 0.2) is 0 Å². The van der Waals surface area contributed by atoms with Crippen molar-refractivity contribution in [2.45, 2.75) is 69.6 Å². The molecule has 0 amide bonds. The van der Waals surface area contributed by atoms with E-state index < -0.39 is 11.8 Å². The highest BCUT2D eigenvalue weighted by Gasteiger charge is 2.75. The Bertz CT molecular complexity index is 884. The molecule has 1 aromatic heterocycles. The van der Waals surface area contributed by atoms with Crippen molar-refractivity contribution in [3.63, 3.8) is 0 Å². The van der Waals surface area contributed by atoms with Crippen molar-refractivity contribution in [1.29, 1.82) is 0 Å². The molecule has 4 aliphatic rings. The van der Waals surface area contributed by atoms with Crippen LogP contribution in [-0.2, 0) is 6.42 Å². The first kappa shape index (κ1) is 14.7. The van der Waals surface area contributed by atoms with Crippen molar-refractivity contribution in [3.8, 4) is 0 Å². The number of rotatable bonds is 0. The number of aromatic amines is 1. The summed E-state index contributed by atoms with van der Waals surface area (Å²) in [6.07, 6.45) is 5.42. The third kappa shape index (κ3) is 1.43. The van der Waals surface area contributed by atoms with E-state index in [-0.39, 0.29) is 16.7 Å². The molecule has 1 aromatic carbocycles. The van der Waals surface area contributed by atoms with Crippen LogP contribution in [0.5, 0.6) is 0 Å². The molecule has 2 N–H and O–H groups in total. The van der Waals surface area contributed by atoms with E-state index >= 15 is 4.39 Å². The van der Waals surface area contributed by atoms with E-state index in [1.54, 1.807) is 0 Å². The van der Waals surface area contributed by atoms with Crippen LogP contribution in [0.25, 0.3) is 11.0 Å². The fraction of sp³-hybridized carbons (Fsp3) is 0.700. The molecule has 0 spiro atoms. The summed E-state index contributed by atoms with van der Waals surface area (Å²) in [6.45, 7) is 2.19. The van der Waals surface area contributed by atoms with Crippen molar-refractivity contribution in [2.75, 3.05) is 0 Å². The van der Waals surface area contributed by atoms with Crippen LogP contribution in [0.2, 0.25) is 0 Å². The molecule has 3 saturated carbocycles. The Balaban J connectivity index is 1.54. The maximum absolute atomic E-state index is 15.6. The second-order valence-electron chi connectivity index (χ2n) is 9.24. The summed E-state index contributed by atoms with van der Waals surface area (Å²) in [4.78, 5) is 0. The zero-order valence-corrected chi connectivity index (χ0v) is 14.6. The highest BCUT2D eigenvalue weighted by molar-refractivity contribution is 5.79. The first-order valence-electron chi connectivity index (χ1n) is 9.68. The lowest BCUT2D eigenvalue weighted by molar-refractivity contribution is -0.123. The number of nitrogens with zero attached hydrogens (tertiary/aromatic N) is 2. The molecule has 25 heavy (non-hydrogen) atoms. The normalized spacial score (nSPS) is 47.6. The molecular weight excluding hydrogens is 317 g/mol. The second-order valence-corrected chi connectivity index (χ2v) is 9.24. The number of hydrogen-bond donors (Lipinski definition) is 2. The molecule has 2 bridgehead atoms. The topological polar surface area (TPSA) is 61.8 Å². The second kappa shape index (κ2) is 4.25. The van der Waals surface area contributed by atoms with E-state index in [9.17, 15) is 5.11 Å². The predicted octanol–water partition coefficient (Wildman–Crippen LogP) is 3.66. The summed E-state index contributed by atoms with van der Waals surface area (Å²) in [5.74, 6) is 0.299. The van der Waals surface area contributed by atoms with Crippen LogP contribution in [0.1, 0.15) is 62.5 Å². The summed E-state index contributed by atoms with van der Waals surface area (Å²) >= 11 is 0. The van der Waals surface area contributed by atoms with Gasteiger partial charge in [0, 0.05) is 11.3 Å². The van der Waals surface area contributed by atoms with Gasteiger partial charge in [-0.1, -0.05) is 13.0 Å². The van der Waals surface area contributed by atoms with Gasteiger partial charge in [0.2, 0.25) is 0 Å². The standard InChI is InChI=1S/C20H24FN3O/c1-18-10-14(21)16-11-3-5-15-17(23-24-22-15)12(11)2-4-13(16)19(18)6-8-20(18,25)9-7-19/h3,5,13-14,16,25H,2,4,6-10H2,1H3,(H,22,23,24)/t13-,14+,16-,18+,19?,20?/m1/s1. The van der Waals surface area contributed by atoms with Crippen molar-refractivity contribution in [1.82, 2.24) is 15.4 Å². The number of halogens is 1. The van der Waals surface area contributed by atoms with Gasteiger partial charge in [-0.15, -0.1) is 0 Å². The van der Waals surface area contributed by atoms with Gasteiger partial charge in [-0.25, -0.2) is 4.39 Å². The van der Waals surface area contributed by atoms with Crippen molar-refractivity contribution in [2.24, 2.45) is 16.7 Å². The molecule has 4 atom stereocenters. The SMILES string of the molecule is C[C@]12C[C@H](F)[C@@H]3c4ccc5n[nH]nc5c4CC[C@H]3C13CCC2(O)CC3. The van der Waals surface area contributed by atoms with Crippen LogP contribution < -0.4 is 0 Å². The quantitative estimate of drug-likeness (QED) is 0.769. The van der Waals surface area contributed by atoms with Crippen LogP contribution in [-0.4, -0.2) is 32.3 Å². The molecule has 4 nitrogen and oxygen atoms in total. The number of fused-ring (bicyclic) bond motifs is 5. The van der Waals surface area contributed by atoms with Crippen LogP contribution in [0.15, 0.2) is 12.1 Å². The average Bonchev–Trinajstić information content (AvgIpc) is 3.23. The molecule has 0 saturated heterocycles. The van der Waals surface area contributed by atoms with Gasteiger partial charge in [-0.2, -0.15) is 15.4 Å². The number of benzene rings is 1. The maximum atomic E-state index is 15.6. The zero-order valence-electron chi connectivity index (χ0n) is 14.6. The third-order valence-corrected chi connectivity index (χ3v) is 8.93. The van der Waals surface area contributed by atoms with E-state index in [0.29, 0.717) is 12.3 Å². The third-order valence-electron chi connectivity index (χ3n) is 8.93. The minimum absolute atomic E-state index is 0.0432. The highest BCUT2D eigenvalue weighted by atomic mass is 19.1. The van der Waals surface area contributed by atoms with E-state index in [1.807, 2.05) is 6.07 Å². The zero-order chi connectivity index (χ0) is 17.0. The predicted molar refractivity (Wildman–Crippen MR) is 91.9 cm³/mol. The van der Waals surface area contributed by atoms with Gasteiger partial charge in [-0.3, -0.25) is 0 Å². The number of hydrogen-bond acceptors (Lipinski definition) is 3. The van der Waals surface area contributed by atoms with Crippen LogP contribution in [0, 0.1) is 16.7 Å². The van der Waals surface area contributed by atoms with E-state index in [4.69, 9.17) is 0 Å². The fourth-order valence-electron chi connectivity index (χ4n) is 7.69. The Morgan fingerprint density at radius 1 is 1.20 bits per heavy atom. The van der Waals surface area contributed by atoms with Gasteiger partial charge in [0.05, 0.1) is 5.60 Å². The van der Waals surface area contributed by atoms with Gasteiger partial charge in [-0.05, 0) is 73.5 Å². The monoisotopic (exact) mass is 341 g/mol. The fourth-order valence-corrected chi connectivity index (χ4v) is 7.69. The Morgan fingerprint density at radius 3 is 2.80 bits per heavy atom. The maximum Gasteiger partial charge on any atom is 0.116 e. The summed E-state index contributed by atoms with van der Waals surface area (Å²) in [5, 5.41) is 22.5. The molecule has 1 heterocycles. The van der Waals surface area contributed by atoms with Gasteiger partial charge >= 0.3 is 0 Å². The number of H-pyrrole nitrogens is 1. The molecule has 132 valence electrons. The van der Waals surface area contributed by atoms with E-state index in [0.717, 1.165) is 55.1 Å². The largest absolute Gasteiger partial charge is 0.389 e. The Labute approximate surface area is 146 Å². The molecular formula is C20H24FN3O. The molecule has 3 fully saturated rings. The number of alkyl halides is 1. The van der Waals surface area contributed by atoms with Crippen molar-refractivity contribution >= 4 is 11.0 Å². The van der Waals surface area contributed by atoms with Crippen molar-refractivity contribution < 1.29 is 9.50 Å². The summed E-state index contributed by atoms with van der Waals surface area (Å²) in [6, 6.07) is 4.08. The van der Waals surface area contributed by atoms with Gasteiger partial charge < -0.3 is 5.11 Å². The first-order chi connectivity index (χ1) is 12.0. The summed E-state index contributed by atoms with van der Waals surface area (Å²) < 4.78 is 15.6. The summed E-state index contributed by atoms with van der Waals surface area (Å²) in [7, 11) is 0. The van der Waals surface area contributed by atoms with E-state index in [1.165, 1.54) is 5.56 Å². The lowest BCUT2D eigenvalue weighted by atomic mass is 9.47. The minimum Gasteiger partial charge on any atom is -0.389 e. The molecule has 4 aliphatic carbocycles. The van der Waals surface area contributed by atoms with Crippen LogP contribution in [0.3, 0.4) is 0 Å². The van der Waals surface area contributed by atoms with Gasteiger partial charge in [0.1, 0.15) is 17.2 Å². The van der Waals surface area contributed by atoms with Gasteiger partial charge in [0.25, 0.3) is 0 Å². The number of nitrogens with one attached hydrogen (secondary N) is 1. The molecule has 0 unspecified atom stereocenters. The smallest absolute Gasteiger partial charge is 0.116 e. The Kier molecular flexibility index (Phi) is 2.49. The summed E-state index contributed by atoms with van der Waals surface area (Å²) in [5.41, 5.74) is 3.37. The van der Waals surface area contributed by atoms with Crippen LogP contribution in [0.4, 0.5) is 4.39 Å². The minimum atomic E-state index is -0.880. The number of aromatic nitrogens is 3. The molecule has 2 aromatic rings. The lowest BCUT2D eigenvalue weighted by Crippen LogP contribution is -2.55. The highest BCUT2D eigenvalue weighted by Crippen LogP contribution is 2.77. The molecule has 6 rings (SSSR count). The average molecular weight is 341 g/mol. The Hall–Kier alpha value is -1.49. The first-order valence-corrected chi connectivity index (χ1v) is 9.68. The molecule has 0 aliphatic heterocycles. The Morgan fingerprint density at radius 2 is 2.00 bits per heavy atom. The lowest BCUT2D eigenvalue weighted by Gasteiger charge is -2.57. The van der Waals surface area contributed by atoms with Crippen molar-refractivity contribution in [3.05, 3.63) is 23.3 Å². The van der Waals surface area contributed by atoms with E-state index in [2.05, 4.69) is 28.4 Å². The molecule has 5 heteroatoms. The van der Waals surface area contributed by atoms with Crippen LogP contribution >= 0.6 is 0 Å².